The molecule has 126 valence electrons. The predicted molar refractivity (Wildman–Crippen MR) is 90.6 cm³/mol. The molecule has 0 aromatic heterocycles. The van der Waals surface area contributed by atoms with Crippen molar-refractivity contribution in [2.45, 2.75) is 19.0 Å². The van der Waals surface area contributed by atoms with Crippen LogP contribution >= 0.6 is 35.6 Å². The topological polar surface area (TPSA) is 36.4 Å². The Bertz CT molecular complexity index is 474. The lowest BCUT2D eigenvalue weighted by Crippen LogP contribution is -2.39. The molecule has 0 atom stereocenters. The highest BCUT2D eigenvalue weighted by Gasteiger charge is 2.26. The number of rotatable bonds is 5. The largest absolute Gasteiger partial charge is 0.390 e. The minimum atomic E-state index is -4.22. The molecule has 0 bridgehead atoms. The number of hydrogen-bond acceptors (Lipinski definition) is 1. The van der Waals surface area contributed by atoms with Crippen molar-refractivity contribution in [3.63, 3.8) is 0 Å². The zero-order valence-electron chi connectivity index (χ0n) is 11.8. The SMILES string of the molecule is CN=C(NCCc1c(F)cccc1Cl)NCCC(F)(F)F.I. The minimum Gasteiger partial charge on any atom is -0.356 e. The summed E-state index contributed by atoms with van der Waals surface area (Å²) in [5, 5.41) is 5.65. The molecule has 3 nitrogen and oxygen atoms in total. The van der Waals surface area contributed by atoms with Crippen LogP contribution in [0, 0.1) is 5.82 Å². The Morgan fingerprint density at radius 1 is 1.23 bits per heavy atom. The predicted octanol–water partition coefficient (Wildman–Crippen LogP) is 3.76. The summed E-state index contributed by atoms with van der Waals surface area (Å²) in [7, 11) is 1.44. The summed E-state index contributed by atoms with van der Waals surface area (Å²) in [6, 6.07) is 4.39. The molecule has 0 aliphatic heterocycles. The molecular weight excluding hydrogens is 437 g/mol. The maximum absolute atomic E-state index is 13.5. The van der Waals surface area contributed by atoms with Crippen molar-refractivity contribution in [2.75, 3.05) is 20.1 Å². The minimum absolute atomic E-state index is 0. The normalized spacial score (nSPS) is 11.8. The van der Waals surface area contributed by atoms with Gasteiger partial charge in [0.25, 0.3) is 0 Å². The molecule has 9 heteroatoms. The number of nitrogens with zero attached hydrogens (tertiary/aromatic N) is 1. The summed E-state index contributed by atoms with van der Waals surface area (Å²) in [5.74, 6) is -0.184. The zero-order chi connectivity index (χ0) is 15.9. The summed E-state index contributed by atoms with van der Waals surface area (Å²) >= 11 is 5.87. The van der Waals surface area contributed by atoms with E-state index in [0.29, 0.717) is 23.6 Å². The third-order valence-electron chi connectivity index (χ3n) is 2.65. The Morgan fingerprint density at radius 3 is 2.41 bits per heavy atom. The lowest BCUT2D eigenvalue weighted by Gasteiger charge is -2.13. The highest BCUT2D eigenvalue weighted by molar-refractivity contribution is 14.0. The molecule has 0 heterocycles. The van der Waals surface area contributed by atoms with Gasteiger partial charge in [0.05, 0.1) is 6.42 Å². The number of halogens is 6. The fraction of sp³-hybridized carbons (Fsp3) is 0.462. The Labute approximate surface area is 148 Å². The van der Waals surface area contributed by atoms with Gasteiger partial charge in [0.1, 0.15) is 5.82 Å². The third kappa shape index (κ3) is 8.02. The van der Waals surface area contributed by atoms with Crippen molar-refractivity contribution >= 4 is 41.5 Å². The van der Waals surface area contributed by atoms with Gasteiger partial charge in [-0.15, -0.1) is 24.0 Å². The molecule has 0 saturated carbocycles. The molecule has 1 rings (SSSR count). The van der Waals surface area contributed by atoms with Crippen molar-refractivity contribution in [3.05, 3.63) is 34.6 Å². The van der Waals surface area contributed by atoms with Gasteiger partial charge in [0.15, 0.2) is 5.96 Å². The van der Waals surface area contributed by atoms with Gasteiger partial charge in [-0.05, 0) is 18.6 Å². The van der Waals surface area contributed by atoms with Gasteiger partial charge in [0.2, 0.25) is 0 Å². The van der Waals surface area contributed by atoms with Crippen LogP contribution in [0.15, 0.2) is 23.2 Å². The van der Waals surface area contributed by atoms with Gasteiger partial charge in [0, 0.05) is 30.7 Å². The van der Waals surface area contributed by atoms with E-state index >= 15 is 0 Å². The highest BCUT2D eigenvalue weighted by atomic mass is 127. The van der Waals surface area contributed by atoms with E-state index in [1.165, 1.54) is 19.2 Å². The van der Waals surface area contributed by atoms with E-state index < -0.39 is 18.4 Å². The van der Waals surface area contributed by atoms with Crippen LogP contribution in [0.4, 0.5) is 17.6 Å². The lowest BCUT2D eigenvalue weighted by molar-refractivity contribution is -0.132. The van der Waals surface area contributed by atoms with E-state index in [9.17, 15) is 17.6 Å². The maximum atomic E-state index is 13.5. The summed E-state index contributed by atoms with van der Waals surface area (Å²) in [6.07, 6.45) is -4.87. The van der Waals surface area contributed by atoms with Crippen molar-refractivity contribution in [3.8, 4) is 0 Å². The van der Waals surface area contributed by atoms with Crippen LogP contribution < -0.4 is 10.6 Å². The molecule has 0 aliphatic carbocycles. The Morgan fingerprint density at radius 2 is 1.86 bits per heavy atom. The number of benzene rings is 1. The summed E-state index contributed by atoms with van der Waals surface area (Å²) in [6.45, 7) is 0.0238. The zero-order valence-corrected chi connectivity index (χ0v) is 14.9. The van der Waals surface area contributed by atoms with Gasteiger partial charge >= 0.3 is 6.18 Å². The van der Waals surface area contributed by atoms with Crippen LogP contribution in [0.5, 0.6) is 0 Å². The second kappa shape index (κ2) is 10.1. The third-order valence-corrected chi connectivity index (χ3v) is 3.01. The van der Waals surface area contributed by atoms with Crippen LogP contribution in [0.25, 0.3) is 0 Å². The first-order valence-corrected chi connectivity index (χ1v) is 6.65. The second-order valence-electron chi connectivity index (χ2n) is 4.24. The van der Waals surface area contributed by atoms with E-state index in [0.717, 1.165) is 0 Å². The van der Waals surface area contributed by atoms with Gasteiger partial charge in [-0.2, -0.15) is 13.2 Å². The smallest absolute Gasteiger partial charge is 0.356 e. The van der Waals surface area contributed by atoms with Crippen molar-refractivity contribution < 1.29 is 17.6 Å². The standard InChI is InChI=1S/C13H16ClF4N3.HI/c1-19-12(21-8-6-13(16,17)18)20-7-5-9-10(14)3-2-4-11(9)15;/h2-4H,5-8H2,1H3,(H2,19,20,21);1H. The Balaban J connectivity index is 0.00000441. The van der Waals surface area contributed by atoms with Gasteiger partial charge < -0.3 is 10.6 Å². The molecule has 0 radical (unpaired) electrons. The molecule has 1 aromatic rings. The van der Waals surface area contributed by atoms with E-state index in [1.54, 1.807) is 6.07 Å². The molecule has 0 fully saturated rings. The molecule has 0 spiro atoms. The first kappa shape index (κ1) is 21.2. The van der Waals surface area contributed by atoms with Crippen LogP contribution in [0.2, 0.25) is 5.02 Å². The summed E-state index contributed by atoms with van der Waals surface area (Å²) in [5.41, 5.74) is 0.359. The van der Waals surface area contributed by atoms with E-state index in [1.807, 2.05) is 0 Å². The van der Waals surface area contributed by atoms with Gasteiger partial charge in [-0.1, -0.05) is 17.7 Å². The highest BCUT2D eigenvalue weighted by Crippen LogP contribution is 2.19. The quantitative estimate of drug-likeness (QED) is 0.308. The first-order valence-electron chi connectivity index (χ1n) is 6.27. The van der Waals surface area contributed by atoms with Crippen LogP contribution in [0.3, 0.4) is 0 Å². The fourth-order valence-electron chi connectivity index (χ4n) is 1.62. The Kier molecular flexibility index (Phi) is 9.74. The average Bonchev–Trinajstić information content (AvgIpc) is 2.38. The molecule has 1 aromatic carbocycles. The van der Waals surface area contributed by atoms with Crippen LogP contribution in [-0.4, -0.2) is 32.3 Å². The molecule has 0 aliphatic rings. The molecule has 0 amide bonds. The number of nitrogens with one attached hydrogen (secondary N) is 2. The van der Waals surface area contributed by atoms with Crippen molar-refractivity contribution in [1.82, 2.24) is 10.6 Å². The number of guanidine groups is 1. The fourth-order valence-corrected chi connectivity index (χ4v) is 1.88. The monoisotopic (exact) mass is 453 g/mol. The van der Waals surface area contributed by atoms with Crippen LogP contribution in [0.1, 0.15) is 12.0 Å². The van der Waals surface area contributed by atoms with E-state index in [4.69, 9.17) is 11.6 Å². The van der Waals surface area contributed by atoms with Crippen molar-refractivity contribution in [1.29, 1.82) is 0 Å². The molecular formula is C13H17ClF4IN3. The Hall–Kier alpha value is -0.770. The van der Waals surface area contributed by atoms with E-state index in [-0.39, 0.29) is 36.5 Å². The summed E-state index contributed by atoms with van der Waals surface area (Å²) < 4.78 is 49.6. The number of aliphatic imine (C=N–C) groups is 1. The van der Waals surface area contributed by atoms with Gasteiger partial charge in [-0.3, -0.25) is 4.99 Å². The maximum Gasteiger partial charge on any atom is 0.390 e. The lowest BCUT2D eigenvalue weighted by atomic mass is 10.1. The first-order chi connectivity index (χ1) is 9.83. The van der Waals surface area contributed by atoms with Gasteiger partial charge in [-0.25, -0.2) is 4.39 Å². The molecule has 0 saturated heterocycles. The molecule has 22 heavy (non-hydrogen) atoms. The average molecular weight is 454 g/mol. The van der Waals surface area contributed by atoms with Crippen molar-refractivity contribution in [2.24, 2.45) is 4.99 Å². The summed E-state index contributed by atoms with van der Waals surface area (Å²) in [4.78, 5) is 3.78. The molecule has 2 N–H and O–H groups in total. The number of alkyl halides is 3. The van der Waals surface area contributed by atoms with Crippen LogP contribution in [-0.2, 0) is 6.42 Å². The number of hydrogen-bond donors (Lipinski definition) is 2. The second-order valence-corrected chi connectivity index (χ2v) is 4.65. The van der Waals surface area contributed by atoms with E-state index in [2.05, 4.69) is 15.6 Å². The molecule has 0 unspecified atom stereocenters.